The van der Waals surface area contributed by atoms with E-state index in [0.29, 0.717) is 13.0 Å². The number of carbonyl (C=O) groups is 1. The van der Waals surface area contributed by atoms with E-state index in [4.69, 9.17) is 0 Å². The molecule has 0 aliphatic heterocycles. The molecule has 0 bridgehead atoms. The second kappa shape index (κ2) is 7.41. The summed E-state index contributed by atoms with van der Waals surface area (Å²) in [4.78, 5) is 26.0. The molecule has 21 heavy (non-hydrogen) atoms. The van der Waals surface area contributed by atoms with Gasteiger partial charge in [-0.25, -0.2) is 0 Å². The largest absolute Gasteiger partial charge is 0.354 e. The van der Waals surface area contributed by atoms with Crippen molar-refractivity contribution >= 4 is 5.91 Å². The molecule has 1 aliphatic carbocycles. The zero-order valence-corrected chi connectivity index (χ0v) is 12.9. The maximum Gasteiger partial charge on any atom is 0.248 e. The van der Waals surface area contributed by atoms with Crippen LogP contribution in [0, 0.1) is 0 Å². The smallest absolute Gasteiger partial charge is 0.248 e. The predicted octanol–water partition coefficient (Wildman–Crippen LogP) is 1.65. The highest BCUT2D eigenvalue weighted by molar-refractivity contribution is 5.76. The molecular weight excluding hydrogens is 266 g/mol. The van der Waals surface area contributed by atoms with E-state index in [0.717, 1.165) is 31.4 Å². The molecule has 0 spiro atoms. The fraction of sp³-hybridized carbons (Fsp3) is 0.625. The summed E-state index contributed by atoms with van der Waals surface area (Å²) in [6, 6.07) is 3.96. The Morgan fingerprint density at radius 3 is 3.05 bits per heavy atom. The van der Waals surface area contributed by atoms with Crippen LogP contribution in [0.2, 0.25) is 0 Å². The van der Waals surface area contributed by atoms with Crippen molar-refractivity contribution in [2.45, 2.75) is 58.0 Å². The van der Waals surface area contributed by atoms with E-state index in [1.807, 2.05) is 13.0 Å². The van der Waals surface area contributed by atoms with Crippen molar-refractivity contribution in [3.8, 4) is 0 Å². The molecule has 0 fully saturated rings. The maximum absolute atomic E-state index is 11.7. The van der Waals surface area contributed by atoms with Gasteiger partial charge in [0.25, 0.3) is 0 Å². The van der Waals surface area contributed by atoms with Crippen molar-refractivity contribution in [2.24, 2.45) is 0 Å². The minimum Gasteiger partial charge on any atom is -0.354 e. The van der Waals surface area contributed by atoms with Crippen LogP contribution in [0.5, 0.6) is 0 Å². The number of nitrogens with one attached hydrogen (secondary N) is 3. The van der Waals surface area contributed by atoms with E-state index in [1.54, 1.807) is 6.07 Å². The van der Waals surface area contributed by atoms with Crippen LogP contribution >= 0.6 is 0 Å². The Morgan fingerprint density at radius 1 is 1.48 bits per heavy atom. The van der Waals surface area contributed by atoms with Crippen molar-refractivity contribution in [2.75, 3.05) is 6.54 Å². The lowest BCUT2D eigenvalue weighted by molar-refractivity contribution is -0.121. The molecule has 116 valence electrons. The van der Waals surface area contributed by atoms with Crippen LogP contribution in [0.3, 0.4) is 0 Å². The minimum absolute atomic E-state index is 0.0395. The van der Waals surface area contributed by atoms with Gasteiger partial charge in [-0.3, -0.25) is 9.59 Å². The fourth-order valence-electron chi connectivity index (χ4n) is 2.72. The van der Waals surface area contributed by atoms with Gasteiger partial charge in [0.1, 0.15) is 0 Å². The van der Waals surface area contributed by atoms with E-state index < -0.39 is 0 Å². The van der Waals surface area contributed by atoms with Crippen LogP contribution in [-0.2, 0) is 11.2 Å². The molecule has 5 nitrogen and oxygen atoms in total. The maximum atomic E-state index is 11.7. The summed E-state index contributed by atoms with van der Waals surface area (Å²) in [6.45, 7) is 4.73. The second-order valence-electron chi connectivity index (χ2n) is 5.78. The summed E-state index contributed by atoms with van der Waals surface area (Å²) in [5, 5.41) is 6.40. The summed E-state index contributed by atoms with van der Waals surface area (Å²) in [7, 11) is 0. The molecule has 2 rings (SSSR count). The number of carbonyl (C=O) groups excluding carboxylic acids is 1. The number of amides is 1. The van der Waals surface area contributed by atoms with E-state index in [-0.39, 0.29) is 23.6 Å². The van der Waals surface area contributed by atoms with Crippen LogP contribution in [0.25, 0.3) is 0 Å². The summed E-state index contributed by atoms with van der Waals surface area (Å²) in [5.41, 5.74) is 2.17. The zero-order chi connectivity index (χ0) is 15.2. The first-order chi connectivity index (χ1) is 10.1. The highest BCUT2D eigenvalue weighted by atomic mass is 16.1. The molecule has 1 aromatic rings. The van der Waals surface area contributed by atoms with Crippen LogP contribution in [-0.4, -0.2) is 23.5 Å². The normalized spacial score (nSPS) is 18.9. The molecule has 1 aromatic heterocycles. The van der Waals surface area contributed by atoms with Gasteiger partial charge in [0.15, 0.2) is 0 Å². The molecule has 2 unspecified atom stereocenters. The minimum atomic E-state index is -0.0395. The fourth-order valence-corrected chi connectivity index (χ4v) is 2.72. The van der Waals surface area contributed by atoms with Gasteiger partial charge >= 0.3 is 0 Å². The second-order valence-corrected chi connectivity index (χ2v) is 5.78. The predicted molar refractivity (Wildman–Crippen MR) is 83.3 cm³/mol. The third-order valence-electron chi connectivity index (χ3n) is 4.09. The SMILES string of the molecule is CCC(C)NC(=O)CCNC1CCCc2[nH]c(=O)ccc21. The van der Waals surface area contributed by atoms with Gasteiger partial charge in [-0.1, -0.05) is 13.0 Å². The van der Waals surface area contributed by atoms with E-state index in [9.17, 15) is 9.59 Å². The van der Waals surface area contributed by atoms with Crippen molar-refractivity contribution in [3.63, 3.8) is 0 Å². The summed E-state index contributed by atoms with van der Waals surface area (Å²) >= 11 is 0. The standard InChI is InChI=1S/C16H25N3O2/c1-3-11(2)18-16(21)9-10-17-13-5-4-6-14-12(13)7-8-15(20)19-14/h7-8,11,13,17H,3-6,9-10H2,1-2H3,(H,18,21)(H,19,20). The molecular formula is C16H25N3O2. The number of aromatic amines is 1. The highest BCUT2D eigenvalue weighted by Crippen LogP contribution is 2.27. The van der Waals surface area contributed by atoms with Crippen molar-refractivity contribution in [1.29, 1.82) is 0 Å². The van der Waals surface area contributed by atoms with Gasteiger partial charge in [-0.15, -0.1) is 0 Å². The van der Waals surface area contributed by atoms with Crippen molar-refractivity contribution in [3.05, 3.63) is 33.7 Å². The Bertz CT molecular complexity index is 539. The number of H-pyrrole nitrogens is 1. The van der Waals surface area contributed by atoms with Gasteiger partial charge in [-0.05, 0) is 38.2 Å². The number of rotatable bonds is 6. The molecule has 0 aromatic carbocycles. The number of pyridine rings is 1. The first-order valence-electron chi connectivity index (χ1n) is 7.85. The van der Waals surface area contributed by atoms with Crippen LogP contribution < -0.4 is 16.2 Å². The highest BCUT2D eigenvalue weighted by Gasteiger charge is 2.20. The average Bonchev–Trinajstić information content (AvgIpc) is 2.46. The number of hydrogen-bond donors (Lipinski definition) is 3. The number of hydrogen-bond acceptors (Lipinski definition) is 3. The topological polar surface area (TPSA) is 74.0 Å². The number of aromatic nitrogens is 1. The molecule has 0 saturated heterocycles. The monoisotopic (exact) mass is 291 g/mol. The Hall–Kier alpha value is -1.62. The first-order valence-corrected chi connectivity index (χ1v) is 7.85. The summed E-state index contributed by atoms with van der Waals surface area (Å²) < 4.78 is 0. The Kier molecular flexibility index (Phi) is 5.56. The number of fused-ring (bicyclic) bond motifs is 1. The molecule has 0 saturated carbocycles. The lowest BCUT2D eigenvalue weighted by atomic mass is 9.91. The molecule has 1 heterocycles. The first kappa shape index (κ1) is 15.8. The quantitative estimate of drug-likeness (QED) is 0.746. The zero-order valence-electron chi connectivity index (χ0n) is 12.9. The van der Waals surface area contributed by atoms with Gasteiger partial charge < -0.3 is 15.6 Å². The molecule has 0 radical (unpaired) electrons. The van der Waals surface area contributed by atoms with Gasteiger partial charge in [0.2, 0.25) is 11.5 Å². The third-order valence-corrected chi connectivity index (χ3v) is 4.09. The average molecular weight is 291 g/mol. The van der Waals surface area contributed by atoms with Crippen LogP contribution in [0.4, 0.5) is 0 Å². The van der Waals surface area contributed by atoms with E-state index >= 15 is 0 Å². The van der Waals surface area contributed by atoms with E-state index in [2.05, 4.69) is 22.5 Å². The van der Waals surface area contributed by atoms with Gasteiger partial charge in [0.05, 0.1) is 0 Å². The molecule has 5 heteroatoms. The Morgan fingerprint density at radius 2 is 2.29 bits per heavy atom. The van der Waals surface area contributed by atoms with Gasteiger partial charge in [0, 0.05) is 36.8 Å². The van der Waals surface area contributed by atoms with Gasteiger partial charge in [-0.2, -0.15) is 0 Å². The lowest BCUT2D eigenvalue weighted by Crippen LogP contribution is -2.35. The molecule has 1 aliphatic rings. The number of aryl methyl sites for hydroxylation is 1. The van der Waals surface area contributed by atoms with Crippen molar-refractivity contribution < 1.29 is 4.79 Å². The van der Waals surface area contributed by atoms with Crippen molar-refractivity contribution in [1.82, 2.24) is 15.6 Å². The molecule has 2 atom stereocenters. The Balaban J connectivity index is 1.85. The third kappa shape index (κ3) is 4.43. The van der Waals surface area contributed by atoms with E-state index in [1.165, 1.54) is 5.56 Å². The molecule has 3 N–H and O–H groups in total. The van der Waals surface area contributed by atoms with Crippen LogP contribution in [0.1, 0.15) is 56.8 Å². The summed E-state index contributed by atoms with van der Waals surface area (Å²) in [5.74, 6) is 0.0920. The summed E-state index contributed by atoms with van der Waals surface area (Å²) in [6.07, 6.45) is 4.47. The Labute approximate surface area is 125 Å². The van der Waals surface area contributed by atoms with Crippen LogP contribution in [0.15, 0.2) is 16.9 Å². The lowest BCUT2D eigenvalue weighted by Gasteiger charge is -2.26. The molecule has 1 amide bonds.